The molecule has 13 heteroatoms. The van der Waals surface area contributed by atoms with Crippen LogP contribution in [0.3, 0.4) is 0 Å². The number of alkyl halides is 3. The van der Waals surface area contributed by atoms with E-state index in [1.165, 1.54) is 0 Å². The number of nitrogens with zero attached hydrogens (tertiary/aromatic N) is 1. The largest absolute Gasteiger partial charge is 0.389 e. The second-order valence-electron chi connectivity index (χ2n) is 7.63. The first-order valence-electron chi connectivity index (χ1n) is 9.76. The smallest absolute Gasteiger partial charge is 0.319 e. The minimum atomic E-state index is -4.47. The summed E-state index contributed by atoms with van der Waals surface area (Å²) in [6.07, 6.45) is -6.86. The number of hydrogen-bond acceptors (Lipinski definition) is 5. The molecule has 3 rings (SSSR count). The fourth-order valence-corrected chi connectivity index (χ4v) is 5.14. The number of sulfone groups is 1. The first-order valence-corrected chi connectivity index (χ1v) is 11.8. The van der Waals surface area contributed by atoms with Gasteiger partial charge in [-0.3, -0.25) is 9.59 Å². The SMILES string of the molecule is Cl.N[C@H]1CS(=O)(=O)c2cc(F)c(C(=O)CCCC(F)(F)F)cc2N(Cc2ccc(Cl)cc2)C1=O. The predicted molar refractivity (Wildman–Crippen MR) is 121 cm³/mol. The summed E-state index contributed by atoms with van der Waals surface area (Å²) in [4.78, 5) is 25.9. The van der Waals surface area contributed by atoms with Gasteiger partial charge in [0.2, 0.25) is 5.91 Å². The van der Waals surface area contributed by atoms with Crippen molar-refractivity contribution in [3.05, 3.63) is 58.4 Å². The van der Waals surface area contributed by atoms with Crippen LogP contribution in [0.5, 0.6) is 0 Å². The fraction of sp³-hybridized carbons (Fsp3) is 0.333. The van der Waals surface area contributed by atoms with Crippen molar-refractivity contribution in [2.45, 2.75) is 42.9 Å². The molecule has 0 unspecified atom stereocenters. The van der Waals surface area contributed by atoms with Crippen LogP contribution in [0.25, 0.3) is 0 Å². The van der Waals surface area contributed by atoms with Crippen molar-refractivity contribution >= 4 is 51.2 Å². The van der Waals surface area contributed by atoms with Gasteiger partial charge in [0, 0.05) is 17.9 Å². The van der Waals surface area contributed by atoms with Gasteiger partial charge in [-0.25, -0.2) is 12.8 Å². The average Bonchev–Trinajstić information content (AvgIpc) is 2.77. The second kappa shape index (κ2) is 10.6. The molecule has 0 radical (unpaired) electrons. The number of fused-ring (bicyclic) bond motifs is 1. The van der Waals surface area contributed by atoms with Gasteiger partial charge >= 0.3 is 6.18 Å². The molecule has 34 heavy (non-hydrogen) atoms. The Kier molecular flexibility index (Phi) is 8.73. The molecule has 2 aromatic carbocycles. The van der Waals surface area contributed by atoms with Gasteiger partial charge in [-0.1, -0.05) is 23.7 Å². The summed E-state index contributed by atoms with van der Waals surface area (Å²) in [6.45, 7) is -0.153. The van der Waals surface area contributed by atoms with Gasteiger partial charge in [-0.2, -0.15) is 13.2 Å². The Bertz CT molecular complexity index is 1190. The molecule has 1 aliphatic heterocycles. The van der Waals surface area contributed by atoms with E-state index < -0.39 is 75.0 Å². The third-order valence-corrected chi connectivity index (χ3v) is 7.12. The number of amides is 1. The summed E-state index contributed by atoms with van der Waals surface area (Å²) >= 11 is 5.86. The summed E-state index contributed by atoms with van der Waals surface area (Å²) in [6, 6.07) is 6.35. The molecule has 0 saturated carbocycles. The van der Waals surface area contributed by atoms with Gasteiger partial charge in [0.25, 0.3) is 0 Å². The number of ketones is 1. The maximum absolute atomic E-state index is 14.7. The molecule has 186 valence electrons. The Labute approximate surface area is 204 Å². The molecule has 0 aliphatic carbocycles. The van der Waals surface area contributed by atoms with E-state index >= 15 is 0 Å². The van der Waals surface area contributed by atoms with Gasteiger partial charge in [-0.15, -0.1) is 12.4 Å². The third-order valence-electron chi connectivity index (χ3n) is 5.08. The predicted octanol–water partition coefficient (Wildman–Crippen LogP) is 4.46. The normalized spacial score (nSPS) is 17.5. The summed E-state index contributed by atoms with van der Waals surface area (Å²) in [5, 5.41) is 0.425. The lowest BCUT2D eigenvalue weighted by molar-refractivity contribution is -0.135. The van der Waals surface area contributed by atoms with E-state index in [9.17, 15) is 35.6 Å². The number of rotatable bonds is 6. The molecular weight excluding hydrogens is 523 g/mol. The molecule has 1 aliphatic rings. The Hall–Kier alpha value is -2.21. The van der Waals surface area contributed by atoms with E-state index in [2.05, 4.69) is 0 Å². The van der Waals surface area contributed by atoms with E-state index in [1.54, 1.807) is 24.3 Å². The quantitative estimate of drug-likeness (QED) is 0.429. The zero-order chi connectivity index (χ0) is 24.6. The van der Waals surface area contributed by atoms with Crippen LogP contribution in [-0.4, -0.2) is 38.1 Å². The van der Waals surface area contributed by atoms with E-state index in [0.717, 1.165) is 11.0 Å². The first-order chi connectivity index (χ1) is 15.3. The van der Waals surface area contributed by atoms with Gasteiger partial charge in [0.1, 0.15) is 5.82 Å². The Morgan fingerprint density at radius 1 is 1.18 bits per heavy atom. The van der Waals surface area contributed by atoms with Crippen molar-refractivity contribution < 1.29 is 35.6 Å². The number of carbonyl (C=O) groups excluding carboxylic acids is 2. The van der Waals surface area contributed by atoms with Crippen LogP contribution >= 0.6 is 24.0 Å². The molecule has 0 fully saturated rings. The summed E-state index contributed by atoms with van der Waals surface area (Å²) < 4.78 is 77.4. The van der Waals surface area contributed by atoms with E-state index in [4.69, 9.17) is 17.3 Å². The summed E-state index contributed by atoms with van der Waals surface area (Å²) in [5.74, 6) is -3.68. The minimum Gasteiger partial charge on any atom is -0.319 e. The Balaban J connectivity index is 0.00000408. The monoisotopic (exact) mass is 542 g/mol. The summed E-state index contributed by atoms with van der Waals surface area (Å²) in [5.41, 5.74) is 5.47. The van der Waals surface area contributed by atoms with Crippen molar-refractivity contribution in [2.75, 3.05) is 10.7 Å². The standard InChI is InChI=1S/C21H19ClF4N2O4S.ClH/c22-13-5-3-12(4-6-13)10-28-17-8-14(18(29)2-1-7-21(24,25)26)15(23)9-19(17)33(31,32)11-16(27)20(28)30;/h3-6,8-9,16H,1-2,7,10-11,27H2;1H/t16-;/m0./s1. The second-order valence-corrected chi connectivity index (χ2v) is 10.1. The maximum atomic E-state index is 14.7. The molecule has 1 heterocycles. The number of anilines is 1. The summed E-state index contributed by atoms with van der Waals surface area (Å²) in [7, 11) is -4.20. The molecule has 2 N–H and O–H groups in total. The van der Waals surface area contributed by atoms with Crippen LogP contribution < -0.4 is 10.6 Å². The van der Waals surface area contributed by atoms with Crippen LogP contribution in [0.4, 0.5) is 23.2 Å². The third kappa shape index (κ3) is 6.47. The fourth-order valence-electron chi connectivity index (χ4n) is 3.45. The van der Waals surface area contributed by atoms with Gasteiger partial charge in [-0.05, 0) is 36.2 Å². The van der Waals surface area contributed by atoms with Crippen molar-refractivity contribution in [3.63, 3.8) is 0 Å². The molecular formula is C21H20Cl2F4N2O4S. The highest BCUT2D eigenvalue weighted by molar-refractivity contribution is 7.91. The number of hydrogen-bond donors (Lipinski definition) is 1. The molecule has 1 amide bonds. The van der Waals surface area contributed by atoms with Crippen LogP contribution in [0.1, 0.15) is 35.2 Å². The zero-order valence-corrected chi connectivity index (χ0v) is 19.8. The number of Topliss-reactive ketones (excluding diaryl/α,β-unsaturated/α-hetero) is 1. The lowest BCUT2D eigenvalue weighted by atomic mass is 10.0. The van der Waals surface area contributed by atoms with Gasteiger partial charge in [0.15, 0.2) is 15.6 Å². The van der Waals surface area contributed by atoms with Gasteiger partial charge in [0.05, 0.1) is 34.5 Å². The molecule has 0 saturated heterocycles. The maximum Gasteiger partial charge on any atom is 0.389 e. The zero-order valence-electron chi connectivity index (χ0n) is 17.4. The molecule has 0 bridgehead atoms. The number of benzene rings is 2. The van der Waals surface area contributed by atoms with E-state index in [-0.39, 0.29) is 24.6 Å². The average molecular weight is 543 g/mol. The first kappa shape index (κ1) is 28.0. The topological polar surface area (TPSA) is 97.5 Å². The Morgan fingerprint density at radius 2 is 1.79 bits per heavy atom. The molecule has 2 aromatic rings. The highest BCUT2D eigenvalue weighted by atomic mass is 35.5. The minimum absolute atomic E-state index is 0. The van der Waals surface area contributed by atoms with E-state index in [1.807, 2.05) is 0 Å². The highest BCUT2D eigenvalue weighted by Gasteiger charge is 2.37. The van der Waals surface area contributed by atoms with Crippen molar-refractivity contribution in [3.8, 4) is 0 Å². The lowest BCUT2D eigenvalue weighted by Crippen LogP contribution is -2.45. The van der Waals surface area contributed by atoms with Crippen LogP contribution in [0.2, 0.25) is 5.02 Å². The van der Waals surface area contributed by atoms with Gasteiger partial charge < -0.3 is 10.6 Å². The number of halogens is 6. The number of nitrogens with two attached hydrogens (primary N) is 1. The van der Waals surface area contributed by atoms with E-state index in [0.29, 0.717) is 16.7 Å². The van der Waals surface area contributed by atoms with Crippen LogP contribution in [-0.2, 0) is 21.2 Å². The molecule has 1 atom stereocenters. The Morgan fingerprint density at radius 3 is 2.38 bits per heavy atom. The van der Waals surface area contributed by atoms with Crippen LogP contribution in [0, 0.1) is 5.82 Å². The molecule has 0 spiro atoms. The molecule has 6 nitrogen and oxygen atoms in total. The number of carbonyl (C=O) groups is 2. The van der Waals surface area contributed by atoms with Crippen molar-refractivity contribution in [1.29, 1.82) is 0 Å². The molecule has 0 aromatic heterocycles. The van der Waals surface area contributed by atoms with Crippen LogP contribution in [0.15, 0.2) is 41.3 Å². The highest BCUT2D eigenvalue weighted by Crippen LogP contribution is 2.34. The lowest BCUT2D eigenvalue weighted by Gasteiger charge is -2.25. The van der Waals surface area contributed by atoms with Crippen molar-refractivity contribution in [1.82, 2.24) is 0 Å². The van der Waals surface area contributed by atoms with Crippen molar-refractivity contribution in [2.24, 2.45) is 5.73 Å².